The third-order valence-electron chi connectivity index (χ3n) is 5.20. The summed E-state index contributed by atoms with van der Waals surface area (Å²) in [6.45, 7) is 0.428. The lowest BCUT2D eigenvalue weighted by molar-refractivity contribution is 0.144. The smallest absolute Gasteiger partial charge is 0.449 e. The molecule has 0 radical (unpaired) electrons. The minimum atomic E-state index is -1.53. The summed E-state index contributed by atoms with van der Waals surface area (Å²) in [6.07, 6.45) is 1.72. The zero-order valence-corrected chi connectivity index (χ0v) is 17.6. The molecule has 8 nitrogen and oxygen atoms in total. The Balaban J connectivity index is 1.72. The Morgan fingerprint density at radius 2 is 1.78 bits per heavy atom. The summed E-state index contributed by atoms with van der Waals surface area (Å²) in [4.78, 5) is 28.3. The normalized spacial score (nSPS) is 10.7. The highest BCUT2D eigenvalue weighted by Gasteiger charge is 2.15. The SMILES string of the molecule is CNc1ccc(-c2ccc(Cn3cc(OC(=O)O)c(=O)c4c(NC)cccc43)cc2)cn1. The topological polar surface area (TPSA) is 105 Å². The number of hydrogen-bond acceptors (Lipinski definition) is 6. The Labute approximate surface area is 184 Å². The summed E-state index contributed by atoms with van der Waals surface area (Å²) in [5.41, 5.74) is 3.81. The van der Waals surface area contributed by atoms with Gasteiger partial charge in [-0.15, -0.1) is 0 Å². The van der Waals surface area contributed by atoms with Gasteiger partial charge in [-0.05, 0) is 35.4 Å². The summed E-state index contributed by atoms with van der Waals surface area (Å²) >= 11 is 0. The number of fused-ring (bicyclic) bond motifs is 1. The van der Waals surface area contributed by atoms with Crippen LogP contribution in [0.4, 0.5) is 16.3 Å². The molecule has 0 bridgehead atoms. The molecule has 4 aromatic rings. The fraction of sp³-hybridized carbons (Fsp3) is 0.125. The number of carboxylic acid groups (broad SMARTS) is 1. The van der Waals surface area contributed by atoms with Gasteiger partial charge in [-0.25, -0.2) is 9.78 Å². The zero-order chi connectivity index (χ0) is 22.7. The predicted molar refractivity (Wildman–Crippen MR) is 125 cm³/mol. The molecule has 0 atom stereocenters. The van der Waals surface area contributed by atoms with E-state index in [0.29, 0.717) is 23.1 Å². The third-order valence-corrected chi connectivity index (χ3v) is 5.20. The van der Waals surface area contributed by atoms with Crippen molar-refractivity contribution in [3.63, 3.8) is 0 Å². The van der Waals surface area contributed by atoms with Crippen molar-refractivity contribution in [2.75, 3.05) is 24.7 Å². The number of pyridine rings is 2. The van der Waals surface area contributed by atoms with Crippen molar-refractivity contribution in [3.05, 3.63) is 82.8 Å². The number of ether oxygens (including phenoxy) is 1. The number of rotatable bonds is 6. The molecule has 0 unspecified atom stereocenters. The van der Waals surface area contributed by atoms with Gasteiger partial charge in [0.25, 0.3) is 0 Å². The molecular formula is C24H22N4O4. The third kappa shape index (κ3) is 4.11. The van der Waals surface area contributed by atoms with Crippen LogP contribution in [0.15, 0.2) is 71.8 Å². The number of nitrogens with one attached hydrogen (secondary N) is 2. The van der Waals surface area contributed by atoms with E-state index in [0.717, 1.165) is 22.5 Å². The molecule has 32 heavy (non-hydrogen) atoms. The molecule has 0 saturated heterocycles. The van der Waals surface area contributed by atoms with Crippen LogP contribution in [0.5, 0.6) is 5.75 Å². The van der Waals surface area contributed by atoms with Gasteiger partial charge < -0.3 is 25.0 Å². The lowest BCUT2D eigenvalue weighted by Crippen LogP contribution is -2.17. The molecule has 2 aromatic carbocycles. The van der Waals surface area contributed by atoms with Crippen molar-refractivity contribution < 1.29 is 14.6 Å². The van der Waals surface area contributed by atoms with Gasteiger partial charge in [-0.1, -0.05) is 30.3 Å². The van der Waals surface area contributed by atoms with Crippen LogP contribution in [-0.4, -0.2) is 34.9 Å². The molecule has 162 valence electrons. The Morgan fingerprint density at radius 1 is 1.03 bits per heavy atom. The Morgan fingerprint density at radius 3 is 2.41 bits per heavy atom. The first kappa shape index (κ1) is 20.9. The molecule has 0 spiro atoms. The maximum Gasteiger partial charge on any atom is 0.511 e. The fourth-order valence-corrected chi connectivity index (χ4v) is 3.63. The first-order valence-electron chi connectivity index (χ1n) is 9.98. The summed E-state index contributed by atoms with van der Waals surface area (Å²) in [5.74, 6) is 0.566. The van der Waals surface area contributed by atoms with Gasteiger partial charge in [-0.3, -0.25) is 4.79 Å². The van der Waals surface area contributed by atoms with E-state index in [1.807, 2.05) is 66.3 Å². The molecule has 0 aliphatic heterocycles. The highest BCUT2D eigenvalue weighted by molar-refractivity contribution is 5.92. The average molecular weight is 430 g/mol. The van der Waals surface area contributed by atoms with E-state index in [9.17, 15) is 9.59 Å². The van der Waals surface area contributed by atoms with E-state index in [4.69, 9.17) is 9.84 Å². The number of carbonyl (C=O) groups is 1. The van der Waals surface area contributed by atoms with E-state index in [-0.39, 0.29) is 5.75 Å². The molecule has 3 N–H and O–H groups in total. The van der Waals surface area contributed by atoms with E-state index in [1.54, 1.807) is 13.1 Å². The van der Waals surface area contributed by atoms with Gasteiger partial charge in [0, 0.05) is 38.1 Å². The van der Waals surface area contributed by atoms with Crippen molar-refractivity contribution >= 4 is 28.6 Å². The molecule has 8 heteroatoms. The highest BCUT2D eigenvalue weighted by Crippen LogP contribution is 2.25. The highest BCUT2D eigenvalue weighted by atomic mass is 16.7. The number of nitrogens with zero attached hydrogens (tertiary/aromatic N) is 2. The maximum atomic E-state index is 12.8. The van der Waals surface area contributed by atoms with E-state index in [2.05, 4.69) is 15.6 Å². The van der Waals surface area contributed by atoms with Crippen LogP contribution >= 0.6 is 0 Å². The van der Waals surface area contributed by atoms with E-state index < -0.39 is 11.6 Å². The van der Waals surface area contributed by atoms with Crippen molar-refractivity contribution in [3.8, 4) is 16.9 Å². The molecule has 0 saturated carbocycles. The zero-order valence-electron chi connectivity index (χ0n) is 17.6. The Kier molecular flexibility index (Phi) is 5.76. The van der Waals surface area contributed by atoms with Crippen LogP contribution in [-0.2, 0) is 6.54 Å². The molecule has 0 fully saturated rings. The number of anilines is 2. The van der Waals surface area contributed by atoms with Crippen molar-refractivity contribution in [1.82, 2.24) is 9.55 Å². The molecule has 0 amide bonds. The first-order chi connectivity index (χ1) is 15.5. The monoisotopic (exact) mass is 430 g/mol. The first-order valence-corrected chi connectivity index (χ1v) is 9.98. The van der Waals surface area contributed by atoms with E-state index in [1.165, 1.54) is 6.20 Å². The van der Waals surface area contributed by atoms with E-state index >= 15 is 0 Å². The number of benzene rings is 2. The molecule has 0 aliphatic carbocycles. The van der Waals surface area contributed by atoms with Crippen LogP contribution in [0.2, 0.25) is 0 Å². The van der Waals surface area contributed by atoms with Crippen molar-refractivity contribution in [1.29, 1.82) is 0 Å². The second-order valence-corrected chi connectivity index (χ2v) is 7.15. The molecule has 2 heterocycles. The average Bonchev–Trinajstić information content (AvgIpc) is 2.82. The van der Waals surface area contributed by atoms with Crippen LogP contribution in [0.3, 0.4) is 0 Å². The number of aromatic nitrogens is 2. The summed E-state index contributed by atoms with van der Waals surface area (Å²) in [5, 5.41) is 15.4. The van der Waals surface area contributed by atoms with Crippen LogP contribution in [0.25, 0.3) is 22.0 Å². The van der Waals surface area contributed by atoms with Crippen molar-refractivity contribution in [2.24, 2.45) is 0 Å². The Hall–Kier alpha value is -4.33. The van der Waals surface area contributed by atoms with Crippen LogP contribution in [0, 0.1) is 0 Å². The lowest BCUT2D eigenvalue weighted by Gasteiger charge is -2.15. The van der Waals surface area contributed by atoms with Crippen molar-refractivity contribution in [2.45, 2.75) is 6.54 Å². The van der Waals surface area contributed by atoms with Gasteiger partial charge >= 0.3 is 6.16 Å². The summed E-state index contributed by atoms with van der Waals surface area (Å²) in [6, 6.07) is 17.3. The molecule has 0 aliphatic rings. The fourth-order valence-electron chi connectivity index (χ4n) is 3.63. The summed E-state index contributed by atoms with van der Waals surface area (Å²) in [7, 11) is 3.53. The van der Waals surface area contributed by atoms with Crippen LogP contribution in [0.1, 0.15) is 5.56 Å². The quantitative estimate of drug-likeness (QED) is 0.393. The van der Waals surface area contributed by atoms with Gasteiger partial charge in [0.1, 0.15) is 5.82 Å². The molecule has 2 aromatic heterocycles. The largest absolute Gasteiger partial charge is 0.511 e. The standard InChI is InChI=1S/C24H22N4O4/c1-25-18-4-3-5-19-22(18)23(29)20(32-24(30)31)14-28(19)13-15-6-8-16(9-7-15)17-10-11-21(26-2)27-12-17/h3-12,14,25H,13H2,1-2H3,(H,26,27)(H,30,31). The predicted octanol–water partition coefficient (Wildman–Crippen LogP) is 4.25. The minimum absolute atomic E-state index is 0.236. The molecule has 4 rings (SSSR count). The van der Waals surface area contributed by atoms with Gasteiger partial charge in [0.15, 0.2) is 5.75 Å². The minimum Gasteiger partial charge on any atom is -0.449 e. The molecular weight excluding hydrogens is 408 g/mol. The van der Waals surface area contributed by atoms with Gasteiger partial charge in [-0.2, -0.15) is 0 Å². The maximum absolute atomic E-state index is 12.8. The van der Waals surface area contributed by atoms with Gasteiger partial charge in [0.05, 0.1) is 17.1 Å². The second kappa shape index (κ2) is 8.81. The lowest BCUT2D eigenvalue weighted by atomic mass is 10.1. The van der Waals surface area contributed by atoms with Gasteiger partial charge in [0.2, 0.25) is 5.43 Å². The Bertz CT molecular complexity index is 1330. The number of hydrogen-bond donors (Lipinski definition) is 3. The van der Waals surface area contributed by atoms with Crippen LogP contribution < -0.4 is 20.8 Å². The summed E-state index contributed by atoms with van der Waals surface area (Å²) < 4.78 is 6.58. The second-order valence-electron chi connectivity index (χ2n) is 7.15.